The summed E-state index contributed by atoms with van der Waals surface area (Å²) >= 11 is 0. The van der Waals surface area contributed by atoms with E-state index in [-0.39, 0.29) is 36.6 Å². The van der Waals surface area contributed by atoms with Crippen LogP contribution in [0.25, 0.3) is 11.1 Å². The number of nitrogens with zero attached hydrogens (tertiary/aromatic N) is 1. The van der Waals surface area contributed by atoms with Crippen LogP contribution in [0.5, 0.6) is 0 Å². The van der Waals surface area contributed by atoms with Crippen molar-refractivity contribution in [1.82, 2.24) is 10.5 Å². The fourth-order valence-corrected chi connectivity index (χ4v) is 4.77. The molecular weight excluding hydrogens is 450 g/mol. The first-order valence-electron chi connectivity index (χ1n) is 11.6. The van der Waals surface area contributed by atoms with Gasteiger partial charge >= 0.3 is 12.1 Å². The molecule has 0 aliphatic heterocycles. The number of carboxylic acids is 1. The van der Waals surface area contributed by atoms with Gasteiger partial charge in [-0.15, -0.1) is 0 Å². The van der Waals surface area contributed by atoms with Crippen LogP contribution in [0.3, 0.4) is 0 Å². The zero-order valence-electron chi connectivity index (χ0n) is 18.9. The average molecular weight is 476 g/mol. The second-order valence-electron chi connectivity index (χ2n) is 8.87. The highest BCUT2D eigenvalue weighted by atomic mass is 16.6. The van der Waals surface area contributed by atoms with E-state index in [2.05, 4.69) is 27.9 Å². The van der Waals surface area contributed by atoms with Gasteiger partial charge in [-0.2, -0.15) is 0 Å². The van der Waals surface area contributed by atoms with Crippen LogP contribution in [0.15, 0.2) is 59.1 Å². The standard InChI is InChI=1S/C26H25N3O6/c30-24(27-13-20(25(31)32)15-6-5-7-15)22-12-23(35-29-22)28-26(33)34-14-21-18-10-3-1-8-16(18)17-9-2-4-11-19(17)21/h1-4,8-12,15,20-21H,5-7,13-14H2,(H,27,30)(H,28,33)(H,31,32). The average Bonchev–Trinajstić information content (AvgIpc) is 3.41. The van der Waals surface area contributed by atoms with Crippen LogP contribution in [0.1, 0.15) is 46.8 Å². The van der Waals surface area contributed by atoms with Gasteiger partial charge in [0.05, 0.1) is 5.92 Å². The van der Waals surface area contributed by atoms with E-state index in [1.165, 1.54) is 6.07 Å². The summed E-state index contributed by atoms with van der Waals surface area (Å²) in [6, 6.07) is 17.3. The summed E-state index contributed by atoms with van der Waals surface area (Å²) in [4.78, 5) is 36.2. The molecule has 5 rings (SSSR count). The number of rotatable bonds is 8. The Kier molecular flexibility index (Phi) is 6.22. The van der Waals surface area contributed by atoms with Crippen LogP contribution in [0.2, 0.25) is 0 Å². The normalized spacial score (nSPS) is 15.4. The van der Waals surface area contributed by atoms with Gasteiger partial charge in [-0.05, 0) is 41.0 Å². The Labute approximate surface area is 201 Å². The molecule has 0 bridgehead atoms. The molecule has 1 heterocycles. The first kappa shape index (κ1) is 22.6. The number of ether oxygens (including phenoxy) is 1. The number of hydrogen-bond acceptors (Lipinski definition) is 6. The molecule has 180 valence electrons. The molecule has 1 saturated carbocycles. The van der Waals surface area contributed by atoms with E-state index in [0.29, 0.717) is 0 Å². The zero-order chi connectivity index (χ0) is 24.4. The minimum absolute atomic E-state index is 0.0147. The molecule has 0 spiro atoms. The van der Waals surface area contributed by atoms with E-state index >= 15 is 0 Å². The van der Waals surface area contributed by atoms with Gasteiger partial charge < -0.3 is 19.7 Å². The maximum Gasteiger partial charge on any atom is 0.414 e. The lowest BCUT2D eigenvalue weighted by molar-refractivity contribution is -0.144. The van der Waals surface area contributed by atoms with Crippen LogP contribution in [0, 0.1) is 11.8 Å². The van der Waals surface area contributed by atoms with Crippen LogP contribution in [-0.2, 0) is 9.53 Å². The molecular formula is C26H25N3O6. The molecule has 1 unspecified atom stereocenters. The number of carbonyl (C=O) groups excluding carboxylic acids is 2. The lowest BCUT2D eigenvalue weighted by Crippen LogP contribution is -2.39. The fraction of sp³-hybridized carbons (Fsp3) is 0.308. The minimum Gasteiger partial charge on any atom is -0.481 e. The third-order valence-electron chi connectivity index (χ3n) is 6.83. The van der Waals surface area contributed by atoms with E-state index in [4.69, 9.17) is 9.26 Å². The summed E-state index contributed by atoms with van der Waals surface area (Å²) in [5.41, 5.74) is 4.40. The lowest BCUT2D eigenvalue weighted by Gasteiger charge is -2.31. The number of fused-ring (bicyclic) bond motifs is 3. The predicted molar refractivity (Wildman–Crippen MR) is 126 cm³/mol. The molecule has 3 N–H and O–H groups in total. The van der Waals surface area contributed by atoms with E-state index in [1.807, 2.05) is 36.4 Å². The number of aromatic nitrogens is 1. The first-order chi connectivity index (χ1) is 17.0. The van der Waals surface area contributed by atoms with Gasteiger partial charge in [0, 0.05) is 18.5 Å². The minimum atomic E-state index is -0.923. The van der Waals surface area contributed by atoms with Gasteiger partial charge in [0.1, 0.15) is 6.61 Å². The van der Waals surface area contributed by atoms with Gasteiger partial charge in [-0.1, -0.05) is 60.1 Å². The predicted octanol–water partition coefficient (Wildman–Crippen LogP) is 4.27. The Hall–Kier alpha value is -4.14. The first-order valence-corrected chi connectivity index (χ1v) is 11.6. The molecule has 2 aromatic carbocycles. The van der Waals surface area contributed by atoms with E-state index in [1.54, 1.807) is 0 Å². The number of carboxylic acid groups (broad SMARTS) is 1. The van der Waals surface area contributed by atoms with Crippen molar-refractivity contribution >= 4 is 23.9 Å². The van der Waals surface area contributed by atoms with Crippen molar-refractivity contribution in [2.75, 3.05) is 18.5 Å². The highest BCUT2D eigenvalue weighted by Gasteiger charge is 2.33. The van der Waals surface area contributed by atoms with Crippen molar-refractivity contribution in [1.29, 1.82) is 0 Å². The molecule has 2 aliphatic rings. The summed E-state index contributed by atoms with van der Waals surface area (Å²) in [6.07, 6.45) is 1.98. The molecule has 0 saturated heterocycles. The number of nitrogens with one attached hydrogen (secondary N) is 2. The van der Waals surface area contributed by atoms with Crippen LogP contribution in [-0.4, -0.2) is 41.4 Å². The van der Waals surface area contributed by atoms with Gasteiger partial charge in [0.15, 0.2) is 5.69 Å². The quantitative estimate of drug-likeness (QED) is 0.443. The van der Waals surface area contributed by atoms with Crippen molar-refractivity contribution in [3.8, 4) is 11.1 Å². The topological polar surface area (TPSA) is 131 Å². The Balaban J connectivity index is 1.16. The zero-order valence-corrected chi connectivity index (χ0v) is 18.9. The SMILES string of the molecule is O=C(Nc1cc(C(=O)NCC(C(=O)O)C2CCC2)no1)OCC1c2ccccc2-c2ccccc21. The maximum absolute atomic E-state index is 12.4. The highest BCUT2D eigenvalue weighted by molar-refractivity contribution is 5.94. The van der Waals surface area contributed by atoms with Crippen molar-refractivity contribution in [2.45, 2.75) is 25.2 Å². The third-order valence-corrected chi connectivity index (χ3v) is 6.83. The Morgan fingerprint density at radius 1 is 1.06 bits per heavy atom. The Morgan fingerprint density at radius 2 is 1.71 bits per heavy atom. The Bertz CT molecular complexity index is 1220. The van der Waals surface area contributed by atoms with Crippen molar-refractivity contribution in [3.05, 3.63) is 71.4 Å². The summed E-state index contributed by atoms with van der Waals surface area (Å²) in [6.45, 7) is 0.153. The number of benzene rings is 2. The maximum atomic E-state index is 12.4. The number of hydrogen-bond donors (Lipinski definition) is 3. The molecule has 9 heteroatoms. The van der Waals surface area contributed by atoms with Crippen molar-refractivity contribution in [3.63, 3.8) is 0 Å². The molecule has 2 aliphatic carbocycles. The van der Waals surface area contributed by atoms with Gasteiger partial charge in [0.25, 0.3) is 5.91 Å². The molecule has 2 amide bonds. The molecule has 0 radical (unpaired) electrons. The number of aliphatic carboxylic acids is 1. The summed E-state index contributed by atoms with van der Waals surface area (Å²) in [5.74, 6) is -2.16. The fourth-order valence-electron chi connectivity index (χ4n) is 4.77. The molecule has 3 aromatic rings. The number of carbonyl (C=O) groups is 3. The largest absolute Gasteiger partial charge is 0.481 e. The van der Waals surface area contributed by atoms with Gasteiger partial charge in [0.2, 0.25) is 5.88 Å². The van der Waals surface area contributed by atoms with Crippen molar-refractivity contribution in [2.24, 2.45) is 11.8 Å². The second-order valence-corrected chi connectivity index (χ2v) is 8.87. The number of anilines is 1. The third kappa shape index (κ3) is 4.62. The molecule has 1 atom stereocenters. The van der Waals surface area contributed by atoms with Crippen molar-refractivity contribution < 1.29 is 28.8 Å². The van der Waals surface area contributed by atoms with Crippen LogP contribution in [0.4, 0.5) is 10.7 Å². The van der Waals surface area contributed by atoms with E-state index < -0.39 is 23.9 Å². The molecule has 9 nitrogen and oxygen atoms in total. The van der Waals surface area contributed by atoms with Crippen LogP contribution < -0.4 is 10.6 Å². The van der Waals surface area contributed by atoms with Gasteiger partial charge in [-0.3, -0.25) is 14.9 Å². The molecule has 35 heavy (non-hydrogen) atoms. The molecule has 1 fully saturated rings. The van der Waals surface area contributed by atoms with Gasteiger partial charge in [-0.25, -0.2) is 4.79 Å². The monoisotopic (exact) mass is 475 g/mol. The second kappa shape index (κ2) is 9.61. The summed E-state index contributed by atoms with van der Waals surface area (Å²) in [5, 5.41) is 18.1. The van der Waals surface area contributed by atoms with Crippen LogP contribution >= 0.6 is 0 Å². The highest BCUT2D eigenvalue weighted by Crippen LogP contribution is 2.44. The summed E-state index contributed by atoms with van der Waals surface area (Å²) < 4.78 is 10.5. The Morgan fingerprint density at radius 3 is 2.31 bits per heavy atom. The molecule has 1 aromatic heterocycles. The van der Waals surface area contributed by atoms with E-state index in [0.717, 1.165) is 41.5 Å². The lowest BCUT2D eigenvalue weighted by atomic mass is 9.76. The summed E-state index contributed by atoms with van der Waals surface area (Å²) in [7, 11) is 0. The van der Waals surface area contributed by atoms with E-state index in [9.17, 15) is 19.5 Å². The smallest absolute Gasteiger partial charge is 0.414 e. The number of amides is 2.